The lowest BCUT2D eigenvalue weighted by Crippen LogP contribution is -2.55. The van der Waals surface area contributed by atoms with Gasteiger partial charge >= 0.3 is 0 Å². The van der Waals surface area contributed by atoms with Gasteiger partial charge < -0.3 is 15.5 Å². The number of likely N-dealkylation sites (tertiary alicyclic amines) is 1. The average Bonchev–Trinajstić information content (AvgIpc) is 2.82. The zero-order valence-electron chi connectivity index (χ0n) is 20.3. The van der Waals surface area contributed by atoms with Crippen LogP contribution in [-0.4, -0.2) is 47.8 Å². The topological polar surface area (TPSA) is 78.5 Å². The van der Waals surface area contributed by atoms with Crippen LogP contribution in [0.3, 0.4) is 0 Å². The van der Waals surface area contributed by atoms with Gasteiger partial charge in [0, 0.05) is 24.7 Å². The molecule has 0 bridgehead atoms. The van der Waals surface area contributed by atoms with Gasteiger partial charge in [-0.15, -0.1) is 0 Å². The number of hydrogen-bond acceptors (Lipinski definition) is 3. The van der Waals surface area contributed by atoms with Gasteiger partial charge in [0.1, 0.15) is 11.9 Å². The minimum atomic E-state index is -0.723. The highest BCUT2D eigenvalue weighted by Crippen LogP contribution is 2.24. The quantitative estimate of drug-likeness (QED) is 0.647. The van der Waals surface area contributed by atoms with Gasteiger partial charge in [0.15, 0.2) is 0 Å². The monoisotopic (exact) mass is 467 g/mol. The minimum Gasteiger partial charge on any atom is -0.352 e. The first-order valence-electron chi connectivity index (χ1n) is 11.9. The number of piperidine rings is 1. The second kappa shape index (κ2) is 11.3. The standard InChI is InChI=1S/C27H34FN3O3/c1-17(2)19(4)29-26(33)24(30-25(32)21-10-6-5-9-18(21)3)20-13-15-31(16-14-20)27(34)22-11-7-8-12-23(22)28/h5-12,17,19-20,24H,13-16H2,1-4H3,(H,29,33)(H,30,32). The minimum absolute atomic E-state index is 0.0481. The highest BCUT2D eigenvalue weighted by molar-refractivity contribution is 5.99. The van der Waals surface area contributed by atoms with Crippen LogP contribution in [0.25, 0.3) is 0 Å². The van der Waals surface area contributed by atoms with E-state index in [0.717, 1.165) is 5.56 Å². The van der Waals surface area contributed by atoms with Crippen molar-refractivity contribution in [3.63, 3.8) is 0 Å². The molecular formula is C27H34FN3O3. The summed E-state index contributed by atoms with van der Waals surface area (Å²) in [5.74, 6) is -1.30. The van der Waals surface area contributed by atoms with Crippen molar-refractivity contribution in [1.82, 2.24) is 15.5 Å². The summed E-state index contributed by atoms with van der Waals surface area (Å²) in [5, 5.41) is 5.99. The van der Waals surface area contributed by atoms with E-state index in [1.807, 2.05) is 39.8 Å². The molecule has 182 valence electrons. The number of benzene rings is 2. The van der Waals surface area contributed by atoms with Crippen molar-refractivity contribution >= 4 is 17.7 Å². The molecule has 0 saturated carbocycles. The molecule has 6 nitrogen and oxygen atoms in total. The van der Waals surface area contributed by atoms with Gasteiger partial charge in [-0.3, -0.25) is 14.4 Å². The SMILES string of the molecule is Cc1ccccc1C(=O)NC(C(=O)NC(C)C(C)C)C1CCN(C(=O)c2ccccc2F)CC1. The van der Waals surface area contributed by atoms with Crippen LogP contribution in [0.15, 0.2) is 48.5 Å². The Morgan fingerprint density at radius 3 is 2.09 bits per heavy atom. The van der Waals surface area contributed by atoms with E-state index in [2.05, 4.69) is 10.6 Å². The number of amides is 3. The predicted octanol–water partition coefficient (Wildman–Crippen LogP) is 3.95. The lowest BCUT2D eigenvalue weighted by Gasteiger charge is -2.36. The number of nitrogens with one attached hydrogen (secondary N) is 2. The lowest BCUT2D eigenvalue weighted by atomic mass is 9.87. The van der Waals surface area contributed by atoms with Gasteiger partial charge in [-0.25, -0.2) is 4.39 Å². The fourth-order valence-corrected chi connectivity index (χ4v) is 4.17. The van der Waals surface area contributed by atoms with E-state index < -0.39 is 11.9 Å². The third-order valence-electron chi connectivity index (χ3n) is 6.73. The van der Waals surface area contributed by atoms with Gasteiger partial charge in [-0.2, -0.15) is 0 Å². The van der Waals surface area contributed by atoms with Crippen molar-refractivity contribution in [2.24, 2.45) is 11.8 Å². The third-order valence-corrected chi connectivity index (χ3v) is 6.73. The Morgan fingerprint density at radius 1 is 0.912 bits per heavy atom. The van der Waals surface area contributed by atoms with Crippen LogP contribution in [-0.2, 0) is 4.79 Å². The first kappa shape index (κ1) is 25.4. The third kappa shape index (κ3) is 6.01. The molecule has 0 aliphatic carbocycles. The molecule has 2 aromatic rings. The van der Waals surface area contributed by atoms with E-state index in [-0.39, 0.29) is 41.2 Å². The molecule has 0 aromatic heterocycles. The number of rotatable bonds is 7. The molecule has 2 unspecified atom stereocenters. The van der Waals surface area contributed by atoms with Crippen molar-refractivity contribution in [3.05, 3.63) is 71.0 Å². The maximum atomic E-state index is 14.1. The van der Waals surface area contributed by atoms with Crippen molar-refractivity contribution in [2.45, 2.75) is 52.6 Å². The van der Waals surface area contributed by atoms with Crippen LogP contribution in [0.5, 0.6) is 0 Å². The molecule has 1 saturated heterocycles. The first-order valence-corrected chi connectivity index (χ1v) is 11.9. The van der Waals surface area contributed by atoms with E-state index in [1.165, 1.54) is 12.1 Å². The van der Waals surface area contributed by atoms with Crippen LogP contribution >= 0.6 is 0 Å². The molecule has 3 rings (SSSR count). The number of hydrogen-bond donors (Lipinski definition) is 2. The average molecular weight is 468 g/mol. The zero-order valence-corrected chi connectivity index (χ0v) is 20.3. The molecule has 1 aliphatic heterocycles. The van der Waals surface area contributed by atoms with E-state index >= 15 is 0 Å². The van der Waals surface area contributed by atoms with Crippen LogP contribution < -0.4 is 10.6 Å². The summed E-state index contributed by atoms with van der Waals surface area (Å²) in [6.07, 6.45) is 1.06. The molecule has 1 aliphatic rings. The lowest BCUT2D eigenvalue weighted by molar-refractivity contribution is -0.125. The molecule has 3 amide bonds. The van der Waals surface area contributed by atoms with E-state index in [1.54, 1.807) is 29.2 Å². The molecule has 1 fully saturated rings. The summed E-state index contributed by atoms with van der Waals surface area (Å²) in [6, 6.07) is 12.4. The molecule has 34 heavy (non-hydrogen) atoms. The molecular weight excluding hydrogens is 433 g/mol. The largest absolute Gasteiger partial charge is 0.352 e. The molecule has 0 spiro atoms. The summed E-state index contributed by atoms with van der Waals surface area (Å²) in [6.45, 7) is 8.64. The number of halogens is 1. The van der Waals surface area contributed by atoms with Gasteiger partial charge in [0.05, 0.1) is 5.56 Å². The van der Waals surface area contributed by atoms with E-state index in [0.29, 0.717) is 31.5 Å². The molecule has 1 heterocycles. The smallest absolute Gasteiger partial charge is 0.256 e. The molecule has 7 heteroatoms. The van der Waals surface area contributed by atoms with Gasteiger partial charge in [-0.1, -0.05) is 44.2 Å². The Kier molecular flexibility index (Phi) is 8.42. The van der Waals surface area contributed by atoms with Crippen molar-refractivity contribution in [1.29, 1.82) is 0 Å². The number of nitrogens with zero attached hydrogens (tertiary/aromatic N) is 1. The highest BCUT2D eigenvalue weighted by Gasteiger charge is 2.35. The summed E-state index contributed by atoms with van der Waals surface area (Å²) >= 11 is 0. The zero-order chi connectivity index (χ0) is 24.8. The highest BCUT2D eigenvalue weighted by atomic mass is 19.1. The Bertz CT molecular complexity index is 1030. The maximum absolute atomic E-state index is 14.1. The molecule has 2 atom stereocenters. The Labute approximate surface area is 200 Å². The summed E-state index contributed by atoms with van der Waals surface area (Å²) in [7, 11) is 0. The van der Waals surface area contributed by atoms with Crippen LogP contribution in [0.4, 0.5) is 4.39 Å². The number of carbonyl (C=O) groups excluding carboxylic acids is 3. The van der Waals surface area contributed by atoms with Gasteiger partial charge in [-0.05, 0) is 62.3 Å². The van der Waals surface area contributed by atoms with Crippen LogP contribution in [0, 0.1) is 24.6 Å². The van der Waals surface area contributed by atoms with E-state index in [9.17, 15) is 18.8 Å². The fourth-order valence-electron chi connectivity index (χ4n) is 4.17. The Hall–Kier alpha value is -3.22. The molecule has 2 aromatic carbocycles. The number of carbonyl (C=O) groups is 3. The second-order valence-corrected chi connectivity index (χ2v) is 9.42. The fraction of sp³-hybridized carbons (Fsp3) is 0.444. The molecule has 2 N–H and O–H groups in total. The van der Waals surface area contributed by atoms with Gasteiger partial charge in [0.2, 0.25) is 5.91 Å². The molecule has 0 radical (unpaired) electrons. The summed E-state index contributed by atoms with van der Waals surface area (Å²) in [4.78, 5) is 40.7. The van der Waals surface area contributed by atoms with Crippen LogP contribution in [0.1, 0.15) is 59.9 Å². The first-order chi connectivity index (χ1) is 16.2. The number of aryl methyl sites for hydroxylation is 1. The maximum Gasteiger partial charge on any atom is 0.256 e. The van der Waals surface area contributed by atoms with Crippen molar-refractivity contribution < 1.29 is 18.8 Å². The van der Waals surface area contributed by atoms with E-state index in [4.69, 9.17) is 0 Å². The summed E-state index contributed by atoms with van der Waals surface area (Å²) in [5.41, 5.74) is 1.42. The Morgan fingerprint density at radius 2 is 1.50 bits per heavy atom. The van der Waals surface area contributed by atoms with Crippen molar-refractivity contribution in [2.75, 3.05) is 13.1 Å². The van der Waals surface area contributed by atoms with Crippen LogP contribution in [0.2, 0.25) is 0 Å². The Balaban J connectivity index is 1.74. The second-order valence-electron chi connectivity index (χ2n) is 9.42. The van der Waals surface area contributed by atoms with Crippen molar-refractivity contribution in [3.8, 4) is 0 Å². The van der Waals surface area contributed by atoms with Gasteiger partial charge in [0.25, 0.3) is 11.8 Å². The summed E-state index contributed by atoms with van der Waals surface area (Å²) < 4.78 is 14.1. The predicted molar refractivity (Wildman–Crippen MR) is 130 cm³/mol. The normalized spacial score (nSPS) is 16.1.